The van der Waals surface area contributed by atoms with E-state index in [1.54, 1.807) is 13.4 Å². The molecule has 17 heavy (non-hydrogen) atoms. The zero-order valence-electron chi connectivity index (χ0n) is 10.4. The van der Waals surface area contributed by atoms with Gasteiger partial charge in [-0.1, -0.05) is 12.2 Å². The SMILES string of the molecule is C=CC1C=CC(n2cnc(C)c2)=C(OC)N1C. The van der Waals surface area contributed by atoms with Gasteiger partial charge in [0.25, 0.3) is 0 Å². The van der Waals surface area contributed by atoms with Crippen LogP contribution in [0.2, 0.25) is 0 Å². The molecule has 1 aromatic heterocycles. The highest BCUT2D eigenvalue weighted by molar-refractivity contribution is 5.61. The molecule has 4 nitrogen and oxygen atoms in total. The summed E-state index contributed by atoms with van der Waals surface area (Å²) in [5.74, 6) is 0.815. The molecule has 2 heterocycles. The quantitative estimate of drug-likeness (QED) is 0.746. The first kappa shape index (κ1) is 11.5. The van der Waals surface area contributed by atoms with Gasteiger partial charge in [0.05, 0.1) is 25.2 Å². The monoisotopic (exact) mass is 231 g/mol. The van der Waals surface area contributed by atoms with Gasteiger partial charge in [-0.25, -0.2) is 4.98 Å². The highest BCUT2D eigenvalue weighted by atomic mass is 16.5. The Kier molecular flexibility index (Phi) is 3.04. The minimum Gasteiger partial charge on any atom is -0.481 e. The molecule has 0 spiro atoms. The molecule has 1 aliphatic rings. The molecule has 0 aliphatic carbocycles. The maximum absolute atomic E-state index is 5.47. The third-order valence-corrected chi connectivity index (χ3v) is 2.86. The second-order valence-electron chi connectivity index (χ2n) is 4.01. The fourth-order valence-electron chi connectivity index (χ4n) is 1.94. The summed E-state index contributed by atoms with van der Waals surface area (Å²) in [5, 5.41) is 0. The molecule has 0 radical (unpaired) electrons. The lowest BCUT2D eigenvalue weighted by atomic mass is 10.1. The summed E-state index contributed by atoms with van der Waals surface area (Å²) in [4.78, 5) is 6.26. The number of nitrogens with zero attached hydrogens (tertiary/aromatic N) is 3. The minimum absolute atomic E-state index is 0.165. The summed E-state index contributed by atoms with van der Waals surface area (Å²) in [6.07, 6.45) is 9.76. The van der Waals surface area contributed by atoms with Crippen LogP contribution in [0.5, 0.6) is 0 Å². The van der Waals surface area contributed by atoms with E-state index in [9.17, 15) is 0 Å². The van der Waals surface area contributed by atoms with Gasteiger partial charge in [-0.3, -0.25) is 0 Å². The number of rotatable bonds is 3. The van der Waals surface area contributed by atoms with Crippen molar-refractivity contribution >= 4 is 5.70 Å². The van der Waals surface area contributed by atoms with Crippen molar-refractivity contribution in [2.24, 2.45) is 0 Å². The van der Waals surface area contributed by atoms with Crippen molar-refractivity contribution in [1.29, 1.82) is 0 Å². The molecule has 0 aromatic carbocycles. The molecule has 0 saturated carbocycles. The van der Waals surface area contributed by atoms with Gasteiger partial charge >= 0.3 is 0 Å². The normalized spacial score (nSPS) is 19.7. The second-order valence-corrected chi connectivity index (χ2v) is 4.01. The van der Waals surface area contributed by atoms with Crippen molar-refractivity contribution in [3.05, 3.63) is 48.9 Å². The van der Waals surface area contributed by atoms with Gasteiger partial charge in [0, 0.05) is 13.2 Å². The summed E-state index contributed by atoms with van der Waals surface area (Å²) < 4.78 is 7.43. The molecule has 1 atom stereocenters. The van der Waals surface area contributed by atoms with Crippen molar-refractivity contribution in [3.8, 4) is 0 Å². The van der Waals surface area contributed by atoms with Crippen molar-refractivity contribution < 1.29 is 4.74 Å². The van der Waals surface area contributed by atoms with Gasteiger partial charge in [-0.2, -0.15) is 0 Å². The van der Waals surface area contributed by atoms with Crippen LogP contribution in [-0.4, -0.2) is 34.7 Å². The van der Waals surface area contributed by atoms with Crippen LogP contribution in [0.3, 0.4) is 0 Å². The van der Waals surface area contributed by atoms with Crippen LogP contribution < -0.4 is 0 Å². The molecule has 0 amide bonds. The van der Waals surface area contributed by atoms with Crippen molar-refractivity contribution in [2.75, 3.05) is 14.2 Å². The summed E-state index contributed by atoms with van der Waals surface area (Å²) >= 11 is 0. The minimum atomic E-state index is 0.165. The van der Waals surface area contributed by atoms with E-state index in [1.807, 2.05) is 41.8 Å². The van der Waals surface area contributed by atoms with E-state index in [0.29, 0.717) is 0 Å². The molecule has 0 saturated heterocycles. The van der Waals surface area contributed by atoms with Crippen LogP contribution in [0.1, 0.15) is 5.69 Å². The molecule has 1 aliphatic heterocycles. The molecule has 1 unspecified atom stereocenters. The molecule has 1 aromatic rings. The maximum Gasteiger partial charge on any atom is 0.214 e. The van der Waals surface area contributed by atoms with E-state index in [2.05, 4.69) is 17.6 Å². The fraction of sp³-hybridized carbons (Fsp3) is 0.308. The molecule has 90 valence electrons. The first-order valence-electron chi connectivity index (χ1n) is 5.50. The van der Waals surface area contributed by atoms with E-state index in [4.69, 9.17) is 4.74 Å². The zero-order valence-corrected chi connectivity index (χ0v) is 10.4. The second kappa shape index (κ2) is 4.49. The van der Waals surface area contributed by atoms with Gasteiger partial charge in [0.1, 0.15) is 5.70 Å². The predicted octanol–water partition coefficient (Wildman–Crippen LogP) is 2.02. The number of aryl methyl sites for hydroxylation is 1. The Morgan fingerprint density at radius 1 is 1.53 bits per heavy atom. The van der Waals surface area contributed by atoms with E-state index >= 15 is 0 Å². The summed E-state index contributed by atoms with van der Waals surface area (Å²) in [6.45, 7) is 5.78. The van der Waals surface area contributed by atoms with Gasteiger partial charge in [-0.15, -0.1) is 6.58 Å². The number of aromatic nitrogens is 2. The predicted molar refractivity (Wildman–Crippen MR) is 68.1 cm³/mol. The fourth-order valence-corrected chi connectivity index (χ4v) is 1.94. The van der Waals surface area contributed by atoms with Crippen LogP contribution in [-0.2, 0) is 4.74 Å². The van der Waals surface area contributed by atoms with E-state index in [1.165, 1.54) is 0 Å². The summed E-state index contributed by atoms with van der Waals surface area (Å²) in [7, 11) is 3.66. The van der Waals surface area contributed by atoms with Crippen LogP contribution >= 0.6 is 0 Å². The Morgan fingerprint density at radius 2 is 2.29 bits per heavy atom. The van der Waals surface area contributed by atoms with Crippen LogP contribution in [0.15, 0.2) is 43.2 Å². The number of likely N-dealkylation sites (N-methyl/N-ethyl adjacent to an activating group) is 1. The number of imidazole rings is 1. The maximum atomic E-state index is 5.47. The number of methoxy groups -OCH3 is 1. The topological polar surface area (TPSA) is 30.3 Å². The third-order valence-electron chi connectivity index (χ3n) is 2.86. The van der Waals surface area contributed by atoms with Crippen molar-refractivity contribution in [1.82, 2.24) is 14.5 Å². The number of hydrogen-bond acceptors (Lipinski definition) is 3. The summed E-state index contributed by atoms with van der Waals surface area (Å²) in [6, 6.07) is 0.165. The van der Waals surface area contributed by atoms with Gasteiger partial charge < -0.3 is 14.2 Å². The lowest BCUT2D eigenvalue weighted by molar-refractivity contribution is 0.166. The Bertz CT molecular complexity index is 485. The van der Waals surface area contributed by atoms with Crippen LogP contribution in [0, 0.1) is 6.92 Å². The first-order valence-corrected chi connectivity index (χ1v) is 5.50. The van der Waals surface area contributed by atoms with E-state index < -0.39 is 0 Å². The van der Waals surface area contributed by atoms with Crippen molar-refractivity contribution in [3.63, 3.8) is 0 Å². The number of hydrogen-bond donors (Lipinski definition) is 0. The molecule has 0 N–H and O–H groups in total. The Morgan fingerprint density at radius 3 is 2.82 bits per heavy atom. The lowest BCUT2D eigenvalue weighted by Gasteiger charge is -2.31. The van der Waals surface area contributed by atoms with Crippen LogP contribution in [0.25, 0.3) is 5.70 Å². The standard InChI is InChI=1S/C13H17N3O/c1-5-11-6-7-12(13(17-4)15(11)3)16-8-10(2)14-9-16/h5-9,11H,1H2,2-4H3. The van der Waals surface area contributed by atoms with Gasteiger partial charge in [0.15, 0.2) is 0 Å². The highest BCUT2D eigenvalue weighted by Crippen LogP contribution is 2.24. The molecular weight excluding hydrogens is 214 g/mol. The molecule has 0 bridgehead atoms. The Labute approximate surface area is 102 Å². The molecule has 0 fully saturated rings. The Hall–Kier alpha value is -1.97. The average molecular weight is 231 g/mol. The Balaban J connectivity index is 2.44. The van der Waals surface area contributed by atoms with E-state index in [0.717, 1.165) is 17.3 Å². The lowest BCUT2D eigenvalue weighted by Crippen LogP contribution is -2.32. The van der Waals surface area contributed by atoms with E-state index in [-0.39, 0.29) is 6.04 Å². The summed E-state index contributed by atoms with van der Waals surface area (Å²) in [5.41, 5.74) is 1.96. The van der Waals surface area contributed by atoms with Gasteiger partial charge in [0.2, 0.25) is 5.88 Å². The first-order chi connectivity index (χ1) is 8.17. The van der Waals surface area contributed by atoms with Gasteiger partial charge in [-0.05, 0) is 13.0 Å². The van der Waals surface area contributed by atoms with Crippen molar-refractivity contribution in [2.45, 2.75) is 13.0 Å². The highest BCUT2D eigenvalue weighted by Gasteiger charge is 2.21. The molecule has 2 rings (SSSR count). The van der Waals surface area contributed by atoms with Crippen LogP contribution in [0.4, 0.5) is 0 Å². The smallest absolute Gasteiger partial charge is 0.214 e. The average Bonchev–Trinajstić information content (AvgIpc) is 2.75. The number of ether oxygens (including phenoxy) is 1. The third kappa shape index (κ3) is 1.98. The molecule has 4 heteroatoms. The largest absolute Gasteiger partial charge is 0.481 e. The number of allylic oxidation sites excluding steroid dienone is 2. The molecular formula is C13H17N3O. The zero-order chi connectivity index (χ0) is 12.4.